The van der Waals surface area contributed by atoms with E-state index in [1.54, 1.807) is 0 Å². The van der Waals surface area contributed by atoms with Crippen molar-refractivity contribution in [3.63, 3.8) is 0 Å². The third kappa shape index (κ3) is 2.07. The lowest BCUT2D eigenvalue weighted by atomic mass is 9.92. The van der Waals surface area contributed by atoms with Gasteiger partial charge in [0.25, 0.3) is 0 Å². The summed E-state index contributed by atoms with van der Waals surface area (Å²) in [7, 11) is 6.14. The second-order valence-electron chi connectivity index (χ2n) is 4.29. The molecule has 0 amide bonds. The van der Waals surface area contributed by atoms with Gasteiger partial charge >= 0.3 is 0 Å². The molecule has 2 heteroatoms. The molecule has 0 saturated heterocycles. The summed E-state index contributed by atoms with van der Waals surface area (Å²) in [5.74, 6) is 0. The molecule has 1 aromatic rings. The zero-order valence-corrected chi connectivity index (χ0v) is 9.76. The zero-order chi connectivity index (χ0) is 10.8. The van der Waals surface area contributed by atoms with Gasteiger partial charge in [-0.05, 0) is 32.5 Å². The van der Waals surface area contributed by atoms with Crippen LogP contribution in [-0.4, -0.2) is 21.1 Å². The quantitative estimate of drug-likeness (QED) is 0.790. The predicted octanol–water partition coefficient (Wildman–Crippen LogP) is 2.21. The van der Waals surface area contributed by atoms with Crippen molar-refractivity contribution in [1.29, 1.82) is 0 Å². The van der Waals surface area contributed by atoms with E-state index in [0.717, 1.165) is 0 Å². The molecule has 14 heavy (non-hydrogen) atoms. The van der Waals surface area contributed by atoms with Gasteiger partial charge < -0.3 is 10.2 Å². The number of benzene rings is 1. The Labute approximate surface area is 86.9 Å². The number of rotatable bonds is 3. The van der Waals surface area contributed by atoms with Gasteiger partial charge in [0, 0.05) is 25.3 Å². The van der Waals surface area contributed by atoms with Crippen LogP contribution in [0.5, 0.6) is 0 Å². The number of nitrogens with one attached hydrogen (secondary N) is 1. The first-order valence-electron chi connectivity index (χ1n) is 4.95. The molecule has 1 aromatic carbocycles. The Morgan fingerprint density at radius 3 is 2.21 bits per heavy atom. The van der Waals surface area contributed by atoms with Crippen LogP contribution in [0.25, 0.3) is 0 Å². The molecular weight excluding hydrogens is 172 g/mol. The third-order valence-electron chi connectivity index (χ3n) is 2.68. The lowest BCUT2D eigenvalue weighted by Crippen LogP contribution is -2.34. The summed E-state index contributed by atoms with van der Waals surface area (Å²) >= 11 is 0. The van der Waals surface area contributed by atoms with Gasteiger partial charge in [0.2, 0.25) is 0 Å². The van der Waals surface area contributed by atoms with Crippen molar-refractivity contribution in [3.8, 4) is 0 Å². The first-order chi connectivity index (χ1) is 6.49. The summed E-state index contributed by atoms with van der Waals surface area (Å²) in [5, 5.41) is 3.33. The Morgan fingerprint density at radius 2 is 1.71 bits per heavy atom. The fourth-order valence-electron chi connectivity index (χ4n) is 1.53. The van der Waals surface area contributed by atoms with E-state index in [2.05, 4.69) is 62.4 Å². The standard InChI is InChI=1S/C12H20N2/c1-12(2,13-3)10-8-6-7-9-11(10)14(4)5/h6-9,13H,1-5H3. The minimum atomic E-state index is 0.0147. The Hall–Kier alpha value is -1.02. The molecule has 0 aliphatic heterocycles. The van der Waals surface area contributed by atoms with Crippen LogP contribution in [0.2, 0.25) is 0 Å². The minimum absolute atomic E-state index is 0.0147. The minimum Gasteiger partial charge on any atom is -0.377 e. The molecule has 0 spiro atoms. The Kier molecular flexibility index (Phi) is 3.17. The van der Waals surface area contributed by atoms with Crippen LogP contribution >= 0.6 is 0 Å². The summed E-state index contributed by atoms with van der Waals surface area (Å²) in [6.07, 6.45) is 0. The van der Waals surface area contributed by atoms with E-state index < -0.39 is 0 Å². The van der Waals surface area contributed by atoms with Crippen molar-refractivity contribution >= 4 is 5.69 Å². The molecule has 0 aliphatic carbocycles. The number of anilines is 1. The Balaban J connectivity index is 3.20. The van der Waals surface area contributed by atoms with E-state index in [1.807, 2.05) is 7.05 Å². The zero-order valence-electron chi connectivity index (χ0n) is 9.76. The van der Waals surface area contributed by atoms with Gasteiger partial charge in [0.05, 0.1) is 0 Å². The molecule has 0 unspecified atom stereocenters. The maximum Gasteiger partial charge on any atom is 0.0412 e. The number of hydrogen-bond donors (Lipinski definition) is 1. The van der Waals surface area contributed by atoms with E-state index in [0.29, 0.717) is 0 Å². The van der Waals surface area contributed by atoms with Gasteiger partial charge in [-0.1, -0.05) is 18.2 Å². The van der Waals surface area contributed by atoms with Crippen LogP contribution in [0.1, 0.15) is 19.4 Å². The lowest BCUT2D eigenvalue weighted by molar-refractivity contribution is 0.445. The first kappa shape index (κ1) is 11.1. The number of hydrogen-bond acceptors (Lipinski definition) is 2. The maximum atomic E-state index is 3.33. The molecule has 0 heterocycles. The summed E-state index contributed by atoms with van der Waals surface area (Å²) in [6, 6.07) is 8.48. The molecule has 0 bridgehead atoms. The highest BCUT2D eigenvalue weighted by Gasteiger charge is 2.21. The summed E-state index contributed by atoms with van der Waals surface area (Å²) in [6.45, 7) is 4.38. The molecule has 1 rings (SSSR count). The van der Waals surface area contributed by atoms with Gasteiger partial charge in [0.1, 0.15) is 0 Å². The fourth-order valence-corrected chi connectivity index (χ4v) is 1.53. The lowest BCUT2D eigenvalue weighted by Gasteiger charge is -2.29. The molecule has 1 N–H and O–H groups in total. The van der Waals surface area contributed by atoms with Crippen molar-refractivity contribution < 1.29 is 0 Å². The summed E-state index contributed by atoms with van der Waals surface area (Å²) in [5.41, 5.74) is 2.61. The number of nitrogens with zero attached hydrogens (tertiary/aromatic N) is 1. The van der Waals surface area contributed by atoms with Crippen LogP contribution in [0.15, 0.2) is 24.3 Å². The largest absolute Gasteiger partial charge is 0.377 e. The van der Waals surface area contributed by atoms with E-state index in [1.165, 1.54) is 11.3 Å². The van der Waals surface area contributed by atoms with Crippen molar-refractivity contribution in [2.24, 2.45) is 0 Å². The van der Waals surface area contributed by atoms with Crippen molar-refractivity contribution in [2.75, 3.05) is 26.0 Å². The van der Waals surface area contributed by atoms with Crippen molar-refractivity contribution in [1.82, 2.24) is 5.32 Å². The van der Waals surface area contributed by atoms with Gasteiger partial charge in [-0.2, -0.15) is 0 Å². The van der Waals surface area contributed by atoms with E-state index in [-0.39, 0.29) is 5.54 Å². The van der Waals surface area contributed by atoms with E-state index >= 15 is 0 Å². The highest BCUT2D eigenvalue weighted by atomic mass is 15.1. The van der Waals surface area contributed by atoms with Crippen LogP contribution in [0.4, 0.5) is 5.69 Å². The molecule has 0 atom stereocenters. The maximum absolute atomic E-state index is 3.33. The van der Waals surface area contributed by atoms with Crippen molar-refractivity contribution in [3.05, 3.63) is 29.8 Å². The summed E-state index contributed by atoms with van der Waals surface area (Å²) < 4.78 is 0. The van der Waals surface area contributed by atoms with Gasteiger partial charge in [-0.3, -0.25) is 0 Å². The second kappa shape index (κ2) is 4.01. The SMILES string of the molecule is CNC(C)(C)c1ccccc1N(C)C. The first-order valence-corrected chi connectivity index (χ1v) is 4.95. The number of para-hydroxylation sites is 1. The van der Waals surface area contributed by atoms with E-state index in [4.69, 9.17) is 0 Å². The Morgan fingerprint density at radius 1 is 1.14 bits per heavy atom. The van der Waals surface area contributed by atoms with Gasteiger partial charge in [-0.15, -0.1) is 0 Å². The predicted molar refractivity (Wildman–Crippen MR) is 62.9 cm³/mol. The van der Waals surface area contributed by atoms with Crippen molar-refractivity contribution in [2.45, 2.75) is 19.4 Å². The van der Waals surface area contributed by atoms with Crippen LogP contribution in [-0.2, 0) is 5.54 Å². The summed E-state index contributed by atoms with van der Waals surface area (Å²) in [4.78, 5) is 2.15. The average Bonchev–Trinajstić information content (AvgIpc) is 2.18. The normalized spacial score (nSPS) is 11.5. The fraction of sp³-hybridized carbons (Fsp3) is 0.500. The van der Waals surface area contributed by atoms with Gasteiger partial charge in [-0.25, -0.2) is 0 Å². The molecule has 78 valence electrons. The average molecular weight is 192 g/mol. The highest BCUT2D eigenvalue weighted by Crippen LogP contribution is 2.28. The van der Waals surface area contributed by atoms with Crippen LogP contribution in [0.3, 0.4) is 0 Å². The second-order valence-corrected chi connectivity index (χ2v) is 4.29. The molecule has 0 aliphatic rings. The molecule has 2 nitrogen and oxygen atoms in total. The van der Waals surface area contributed by atoms with Crippen LogP contribution < -0.4 is 10.2 Å². The smallest absolute Gasteiger partial charge is 0.0412 e. The Bertz CT molecular complexity index is 303. The third-order valence-corrected chi connectivity index (χ3v) is 2.68. The molecule has 0 aromatic heterocycles. The van der Waals surface area contributed by atoms with Crippen LogP contribution in [0, 0.1) is 0 Å². The highest BCUT2D eigenvalue weighted by molar-refractivity contribution is 5.55. The topological polar surface area (TPSA) is 15.3 Å². The van der Waals surface area contributed by atoms with E-state index in [9.17, 15) is 0 Å². The monoisotopic (exact) mass is 192 g/mol. The molecule has 0 saturated carbocycles. The molecular formula is C12H20N2. The van der Waals surface area contributed by atoms with Gasteiger partial charge in [0.15, 0.2) is 0 Å². The molecule has 0 radical (unpaired) electrons. The molecule has 0 fully saturated rings.